The van der Waals surface area contributed by atoms with E-state index in [-0.39, 0.29) is 5.41 Å². The topological polar surface area (TPSA) is 29.0 Å². The molecule has 0 atom stereocenters. The van der Waals surface area contributed by atoms with Gasteiger partial charge in [-0.2, -0.15) is 4.58 Å². The summed E-state index contributed by atoms with van der Waals surface area (Å²) in [5, 5.41) is 0. The number of nitrogens with zero attached hydrogens (tertiary/aromatic N) is 1. The molecule has 2 nitrogen and oxygen atoms in total. The van der Waals surface area contributed by atoms with Gasteiger partial charge in [0.15, 0.2) is 5.71 Å². The van der Waals surface area contributed by atoms with E-state index in [4.69, 9.17) is 5.73 Å². The molecule has 1 aromatic rings. The summed E-state index contributed by atoms with van der Waals surface area (Å²) >= 11 is 0. The van der Waals surface area contributed by atoms with Crippen molar-refractivity contribution >= 4 is 11.4 Å². The lowest BCUT2D eigenvalue weighted by Crippen LogP contribution is -2.26. The van der Waals surface area contributed by atoms with Gasteiger partial charge < -0.3 is 5.73 Å². The highest BCUT2D eigenvalue weighted by Gasteiger charge is 2.42. The molecule has 0 amide bonds. The molecule has 0 bridgehead atoms. The van der Waals surface area contributed by atoms with Crippen molar-refractivity contribution in [1.29, 1.82) is 0 Å². The molecule has 2 N–H and O–H groups in total. The fraction of sp³-hybridized carbons (Fsp3) is 0.278. The molecular formula is C18H23N2+. The molecule has 104 valence electrons. The quantitative estimate of drug-likeness (QED) is 0.657. The van der Waals surface area contributed by atoms with Crippen molar-refractivity contribution in [2.75, 3.05) is 7.05 Å². The number of benzene rings is 1. The van der Waals surface area contributed by atoms with Crippen LogP contribution in [0.15, 0.2) is 60.3 Å². The summed E-state index contributed by atoms with van der Waals surface area (Å²) in [7, 11) is 2.13. The van der Waals surface area contributed by atoms with Gasteiger partial charge in [-0.3, -0.25) is 0 Å². The summed E-state index contributed by atoms with van der Waals surface area (Å²) < 4.78 is 2.27. The lowest BCUT2D eigenvalue weighted by molar-refractivity contribution is -0.401. The third kappa shape index (κ3) is 2.60. The zero-order valence-corrected chi connectivity index (χ0v) is 12.7. The minimum Gasteiger partial charge on any atom is -0.402 e. The molecule has 0 radical (unpaired) electrons. The molecule has 0 saturated heterocycles. The number of allylic oxidation sites excluding steroid dienone is 6. The van der Waals surface area contributed by atoms with Gasteiger partial charge in [-0.05, 0) is 26.8 Å². The molecule has 0 fully saturated rings. The average Bonchev–Trinajstić information content (AvgIpc) is 2.59. The Balaban J connectivity index is 2.30. The van der Waals surface area contributed by atoms with E-state index < -0.39 is 0 Å². The highest BCUT2D eigenvalue weighted by molar-refractivity contribution is 6.03. The highest BCUT2D eigenvalue weighted by atomic mass is 15.0. The van der Waals surface area contributed by atoms with Crippen LogP contribution < -0.4 is 5.73 Å². The van der Waals surface area contributed by atoms with Crippen LogP contribution in [0.2, 0.25) is 0 Å². The van der Waals surface area contributed by atoms with E-state index in [2.05, 4.69) is 61.9 Å². The van der Waals surface area contributed by atoms with E-state index in [0.717, 1.165) is 5.70 Å². The zero-order valence-electron chi connectivity index (χ0n) is 12.7. The monoisotopic (exact) mass is 267 g/mol. The van der Waals surface area contributed by atoms with Crippen LogP contribution in [-0.2, 0) is 5.41 Å². The highest BCUT2D eigenvalue weighted by Crippen LogP contribution is 2.38. The lowest BCUT2D eigenvalue weighted by atomic mass is 9.81. The summed E-state index contributed by atoms with van der Waals surface area (Å²) in [4.78, 5) is 0. The number of hydrogen-bond acceptors (Lipinski definition) is 1. The van der Waals surface area contributed by atoms with Crippen LogP contribution in [0.25, 0.3) is 0 Å². The van der Waals surface area contributed by atoms with Gasteiger partial charge in [-0.15, -0.1) is 0 Å². The SMILES string of the molecule is C\C(N)=C/C=C/C=C/C1=[N+](C)c2ccccc2C1(C)C. The first kappa shape index (κ1) is 14.3. The normalized spacial score (nSPS) is 18.3. The fourth-order valence-electron chi connectivity index (χ4n) is 2.72. The van der Waals surface area contributed by atoms with Crippen molar-refractivity contribution in [3.63, 3.8) is 0 Å². The molecule has 2 rings (SSSR count). The van der Waals surface area contributed by atoms with E-state index in [1.54, 1.807) is 0 Å². The Hall–Kier alpha value is -2.09. The average molecular weight is 267 g/mol. The Morgan fingerprint density at radius 1 is 1.15 bits per heavy atom. The predicted molar refractivity (Wildman–Crippen MR) is 86.5 cm³/mol. The number of rotatable bonds is 3. The Bertz CT molecular complexity index is 625. The number of fused-ring (bicyclic) bond motifs is 1. The molecule has 0 spiro atoms. The fourth-order valence-corrected chi connectivity index (χ4v) is 2.72. The van der Waals surface area contributed by atoms with E-state index in [1.807, 2.05) is 25.2 Å². The summed E-state index contributed by atoms with van der Waals surface area (Å²) in [5.41, 5.74) is 10.4. The smallest absolute Gasteiger partial charge is 0.209 e. The van der Waals surface area contributed by atoms with Crippen molar-refractivity contribution in [1.82, 2.24) is 0 Å². The maximum absolute atomic E-state index is 5.59. The Morgan fingerprint density at radius 3 is 2.50 bits per heavy atom. The van der Waals surface area contributed by atoms with Crippen LogP contribution in [0.3, 0.4) is 0 Å². The summed E-state index contributed by atoms with van der Waals surface area (Å²) in [6.45, 7) is 6.42. The molecule has 1 aliphatic rings. The van der Waals surface area contributed by atoms with Crippen molar-refractivity contribution < 1.29 is 4.58 Å². The molecule has 0 saturated carbocycles. The minimum atomic E-state index is 0.0370. The third-order valence-corrected chi connectivity index (χ3v) is 3.78. The van der Waals surface area contributed by atoms with Crippen molar-refractivity contribution in [3.8, 4) is 0 Å². The minimum absolute atomic E-state index is 0.0370. The van der Waals surface area contributed by atoms with E-state index in [9.17, 15) is 0 Å². The summed E-state index contributed by atoms with van der Waals surface area (Å²) in [6, 6.07) is 8.58. The Kier molecular flexibility index (Phi) is 3.93. The van der Waals surface area contributed by atoms with Gasteiger partial charge in [0.05, 0.1) is 5.41 Å². The van der Waals surface area contributed by atoms with Gasteiger partial charge in [0, 0.05) is 23.4 Å². The predicted octanol–water partition coefficient (Wildman–Crippen LogP) is 3.67. The van der Waals surface area contributed by atoms with Crippen molar-refractivity contribution in [2.45, 2.75) is 26.2 Å². The van der Waals surface area contributed by atoms with Gasteiger partial charge in [0.1, 0.15) is 7.05 Å². The number of para-hydroxylation sites is 1. The standard InChI is InChI=1S/C18H22N2/c1-14(19)10-6-5-7-13-17-18(2,3)15-11-8-9-12-16(15)20(17)4/h5-13,19H,1-4H3/p+1. The first-order valence-corrected chi connectivity index (χ1v) is 6.92. The molecule has 1 aromatic carbocycles. The number of hydrogen-bond donors (Lipinski definition) is 1. The molecule has 2 heteroatoms. The molecule has 0 unspecified atom stereocenters. The molecular weight excluding hydrogens is 244 g/mol. The molecule has 0 aromatic heterocycles. The van der Waals surface area contributed by atoms with Crippen LogP contribution >= 0.6 is 0 Å². The van der Waals surface area contributed by atoms with Crippen LogP contribution in [0.5, 0.6) is 0 Å². The largest absolute Gasteiger partial charge is 0.402 e. The maximum atomic E-state index is 5.59. The zero-order chi connectivity index (χ0) is 14.8. The van der Waals surface area contributed by atoms with Gasteiger partial charge >= 0.3 is 0 Å². The second-order valence-electron chi connectivity index (χ2n) is 5.74. The lowest BCUT2D eigenvalue weighted by Gasteiger charge is -2.14. The summed E-state index contributed by atoms with van der Waals surface area (Å²) in [6.07, 6.45) is 10.1. The second kappa shape index (κ2) is 5.49. The van der Waals surface area contributed by atoms with Crippen LogP contribution in [0.1, 0.15) is 26.3 Å². The van der Waals surface area contributed by atoms with Crippen molar-refractivity contribution in [2.24, 2.45) is 5.73 Å². The first-order chi connectivity index (χ1) is 9.44. The molecule has 20 heavy (non-hydrogen) atoms. The molecule has 0 aliphatic carbocycles. The van der Waals surface area contributed by atoms with Crippen molar-refractivity contribution in [3.05, 3.63) is 65.9 Å². The third-order valence-electron chi connectivity index (χ3n) is 3.78. The van der Waals surface area contributed by atoms with Crippen LogP contribution in [-0.4, -0.2) is 17.3 Å². The van der Waals surface area contributed by atoms with Crippen LogP contribution in [0.4, 0.5) is 5.69 Å². The van der Waals surface area contributed by atoms with Gasteiger partial charge in [0.2, 0.25) is 5.69 Å². The van der Waals surface area contributed by atoms with Gasteiger partial charge in [-0.1, -0.05) is 36.4 Å². The Labute approximate surface area is 121 Å². The van der Waals surface area contributed by atoms with E-state index in [0.29, 0.717) is 0 Å². The molecule has 1 aliphatic heterocycles. The Morgan fingerprint density at radius 2 is 1.85 bits per heavy atom. The number of nitrogens with two attached hydrogens (primary N) is 1. The maximum Gasteiger partial charge on any atom is 0.209 e. The summed E-state index contributed by atoms with van der Waals surface area (Å²) in [5.74, 6) is 0. The van der Waals surface area contributed by atoms with Gasteiger partial charge in [0.25, 0.3) is 0 Å². The van der Waals surface area contributed by atoms with E-state index >= 15 is 0 Å². The first-order valence-electron chi connectivity index (χ1n) is 6.92. The van der Waals surface area contributed by atoms with Crippen LogP contribution in [0, 0.1) is 0 Å². The molecule has 1 heterocycles. The van der Waals surface area contributed by atoms with Gasteiger partial charge in [-0.25, -0.2) is 0 Å². The van der Waals surface area contributed by atoms with E-state index in [1.165, 1.54) is 17.0 Å². The second-order valence-corrected chi connectivity index (χ2v) is 5.74.